The van der Waals surface area contributed by atoms with E-state index in [-0.39, 0.29) is 0 Å². The standard InChI is InChI=1S/2C11H18.2C2H6/c2*1-7-4-10-8-2-3-9(6-8)11(10)5-7;2*1-2/h2*7-11H,2-6H2,1H3;2*1-2H3. The first-order valence-electron chi connectivity index (χ1n) is 12.7. The molecular weight excluding hydrogens is 312 g/mol. The fourth-order valence-electron chi connectivity index (χ4n) is 8.58. The molecule has 6 saturated carbocycles. The second-order valence-corrected chi connectivity index (χ2v) is 10.5. The van der Waals surface area contributed by atoms with Crippen LogP contribution in [0.1, 0.15) is 106 Å². The minimum atomic E-state index is 1.06. The predicted octanol–water partition coefficient (Wildman–Crippen LogP) is 8.21. The highest BCUT2D eigenvalue weighted by atomic mass is 14.6. The summed E-state index contributed by atoms with van der Waals surface area (Å²) in [5.41, 5.74) is 0. The summed E-state index contributed by atoms with van der Waals surface area (Å²) < 4.78 is 0. The van der Waals surface area contributed by atoms with Crippen molar-refractivity contribution in [1.29, 1.82) is 0 Å². The quantitative estimate of drug-likeness (QED) is 0.408. The van der Waals surface area contributed by atoms with Crippen LogP contribution >= 0.6 is 0 Å². The second-order valence-electron chi connectivity index (χ2n) is 10.5. The van der Waals surface area contributed by atoms with Crippen LogP contribution in [0.25, 0.3) is 0 Å². The minimum Gasteiger partial charge on any atom is -0.0683 e. The predicted molar refractivity (Wildman–Crippen MR) is 115 cm³/mol. The van der Waals surface area contributed by atoms with Gasteiger partial charge in [-0.15, -0.1) is 0 Å². The van der Waals surface area contributed by atoms with Crippen molar-refractivity contribution in [2.45, 2.75) is 106 Å². The van der Waals surface area contributed by atoms with Gasteiger partial charge in [-0.3, -0.25) is 0 Å². The molecule has 0 heteroatoms. The number of hydrogen-bond acceptors (Lipinski definition) is 0. The van der Waals surface area contributed by atoms with Gasteiger partial charge < -0.3 is 0 Å². The van der Waals surface area contributed by atoms with Gasteiger partial charge in [0.15, 0.2) is 0 Å². The van der Waals surface area contributed by atoms with Crippen LogP contribution in [0.4, 0.5) is 0 Å². The largest absolute Gasteiger partial charge is 0.0683 e. The normalized spacial score (nSPS) is 51.5. The molecule has 152 valence electrons. The van der Waals surface area contributed by atoms with Gasteiger partial charge in [-0.25, -0.2) is 0 Å². The van der Waals surface area contributed by atoms with Gasteiger partial charge in [0.05, 0.1) is 0 Å². The third-order valence-electron chi connectivity index (χ3n) is 9.25. The first-order valence-corrected chi connectivity index (χ1v) is 12.7. The molecule has 0 saturated heterocycles. The Morgan fingerprint density at radius 3 is 0.846 bits per heavy atom. The summed E-state index contributed by atoms with van der Waals surface area (Å²) in [6.45, 7) is 12.9. The molecule has 8 atom stereocenters. The lowest BCUT2D eigenvalue weighted by Crippen LogP contribution is -2.15. The Bertz CT molecular complexity index is 350. The zero-order chi connectivity index (χ0) is 18.8. The maximum Gasteiger partial charge on any atom is -0.0352 e. The lowest BCUT2D eigenvalue weighted by Gasteiger charge is -2.23. The van der Waals surface area contributed by atoms with E-state index in [2.05, 4.69) is 13.8 Å². The number of hydrogen-bond donors (Lipinski definition) is 0. The molecule has 26 heavy (non-hydrogen) atoms. The molecule has 0 aromatic heterocycles. The van der Waals surface area contributed by atoms with Crippen LogP contribution in [0.2, 0.25) is 0 Å². The highest BCUT2D eigenvalue weighted by Gasteiger charge is 2.51. The zero-order valence-corrected chi connectivity index (χ0v) is 18.8. The van der Waals surface area contributed by atoms with Gasteiger partial charge in [-0.1, -0.05) is 41.5 Å². The van der Waals surface area contributed by atoms with E-state index < -0.39 is 0 Å². The smallest absolute Gasteiger partial charge is 0.0352 e. The molecule has 0 amide bonds. The molecule has 0 N–H and O–H groups in total. The van der Waals surface area contributed by atoms with Crippen molar-refractivity contribution in [3.63, 3.8) is 0 Å². The SMILES string of the molecule is CC.CC.CC1CC2C3CCC(C3)C2C1.CC1CC2C3CCC(C3)C2C1. The van der Waals surface area contributed by atoms with E-state index in [9.17, 15) is 0 Å². The fourth-order valence-corrected chi connectivity index (χ4v) is 8.58. The Balaban J connectivity index is 0.000000127. The maximum atomic E-state index is 2.46. The molecule has 8 unspecified atom stereocenters. The molecule has 0 heterocycles. The van der Waals surface area contributed by atoms with E-state index in [1.54, 1.807) is 64.2 Å². The molecule has 6 aliphatic carbocycles. The number of rotatable bonds is 0. The maximum absolute atomic E-state index is 2.46. The van der Waals surface area contributed by atoms with Crippen molar-refractivity contribution in [3.8, 4) is 0 Å². The van der Waals surface area contributed by atoms with Crippen molar-refractivity contribution >= 4 is 0 Å². The van der Waals surface area contributed by atoms with Crippen molar-refractivity contribution < 1.29 is 0 Å². The summed E-state index contributed by atoms with van der Waals surface area (Å²) >= 11 is 0. The van der Waals surface area contributed by atoms with Gasteiger partial charge in [-0.05, 0) is 123 Å². The summed E-state index contributed by atoms with van der Waals surface area (Å²) in [5, 5.41) is 0. The molecule has 0 radical (unpaired) electrons. The van der Waals surface area contributed by atoms with Gasteiger partial charge in [0.2, 0.25) is 0 Å². The van der Waals surface area contributed by atoms with Gasteiger partial charge in [0, 0.05) is 0 Å². The number of fused-ring (bicyclic) bond motifs is 10. The molecule has 0 aromatic rings. The van der Waals surface area contributed by atoms with Gasteiger partial charge in [0.1, 0.15) is 0 Å². The van der Waals surface area contributed by atoms with Gasteiger partial charge in [-0.2, -0.15) is 0 Å². The average Bonchev–Trinajstić information content (AvgIpc) is 3.45. The third kappa shape index (κ3) is 3.77. The first-order chi connectivity index (χ1) is 12.7. The van der Waals surface area contributed by atoms with Crippen molar-refractivity contribution in [2.24, 2.45) is 59.2 Å². The highest BCUT2D eigenvalue weighted by molar-refractivity contribution is 5.01. The van der Waals surface area contributed by atoms with Crippen LogP contribution in [0, 0.1) is 59.2 Å². The summed E-state index contributed by atoms with van der Waals surface area (Å²) in [6, 6.07) is 0. The molecule has 6 fully saturated rings. The monoisotopic (exact) mass is 360 g/mol. The van der Waals surface area contributed by atoms with Crippen molar-refractivity contribution in [1.82, 2.24) is 0 Å². The van der Waals surface area contributed by atoms with E-state index in [0.717, 1.165) is 11.8 Å². The van der Waals surface area contributed by atoms with E-state index in [0.29, 0.717) is 0 Å². The third-order valence-corrected chi connectivity index (χ3v) is 9.25. The fraction of sp³-hybridized carbons (Fsp3) is 1.00. The molecule has 6 rings (SSSR count). The van der Waals surface area contributed by atoms with Crippen LogP contribution < -0.4 is 0 Å². The first kappa shape index (κ1) is 20.7. The van der Waals surface area contributed by atoms with Crippen LogP contribution in [0.15, 0.2) is 0 Å². The zero-order valence-electron chi connectivity index (χ0n) is 18.8. The molecule has 0 nitrogen and oxygen atoms in total. The molecular formula is C26H48. The Hall–Kier alpha value is 0. The van der Waals surface area contributed by atoms with E-state index in [1.165, 1.54) is 47.3 Å². The second kappa shape index (κ2) is 9.00. The lowest BCUT2D eigenvalue weighted by atomic mass is 9.82. The summed E-state index contributed by atoms with van der Waals surface area (Å²) in [5.74, 6) is 11.6. The summed E-state index contributed by atoms with van der Waals surface area (Å²) in [4.78, 5) is 0. The van der Waals surface area contributed by atoms with Gasteiger partial charge >= 0.3 is 0 Å². The highest BCUT2D eigenvalue weighted by Crippen LogP contribution is 2.60. The van der Waals surface area contributed by atoms with E-state index in [4.69, 9.17) is 0 Å². The van der Waals surface area contributed by atoms with E-state index >= 15 is 0 Å². The minimum absolute atomic E-state index is 1.06. The Morgan fingerprint density at radius 2 is 0.615 bits per heavy atom. The van der Waals surface area contributed by atoms with Crippen LogP contribution in [0.5, 0.6) is 0 Å². The molecule has 6 aliphatic rings. The summed E-state index contributed by atoms with van der Waals surface area (Å²) in [7, 11) is 0. The van der Waals surface area contributed by atoms with Crippen LogP contribution in [0.3, 0.4) is 0 Å². The van der Waals surface area contributed by atoms with Gasteiger partial charge in [0.25, 0.3) is 0 Å². The Labute approximate surface area is 165 Å². The summed E-state index contributed by atoms with van der Waals surface area (Å²) in [6.07, 6.45) is 15.9. The lowest BCUT2D eigenvalue weighted by molar-refractivity contribution is 0.259. The van der Waals surface area contributed by atoms with Crippen molar-refractivity contribution in [2.75, 3.05) is 0 Å². The average molecular weight is 361 g/mol. The van der Waals surface area contributed by atoms with Crippen LogP contribution in [-0.2, 0) is 0 Å². The topological polar surface area (TPSA) is 0 Å². The molecule has 0 spiro atoms. The molecule has 0 aliphatic heterocycles. The van der Waals surface area contributed by atoms with E-state index in [1.807, 2.05) is 27.7 Å². The Morgan fingerprint density at radius 1 is 0.385 bits per heavy atom. The molecule has 0 aromatic carbocycles. The Kier molecular flexibility index (Phi) is 7.17. The molecule has 4 bridgehead atoms. The van der Waals surface area contributed by atoms with Crippen LogP contribution in [-0.4, -0.2) is 0 Å². The van der Waals surface area contributed by atoms with Crippen molar-refractivity contribution in [3.05, 3.63) is 0 Å².